The summed E-state index contributed by atoms with van der Waals surface area (Å²) in [4.78, 5) is 35.7. The first-order valence-corrected chi connectivity index (χ1v) is 17.7. The highest BCUT2D eigenvalue weighted by Crippen LogP contribution is 2.24. The molecule has 0 unspecified atom stereocenters. The van der Waals surface area contributed by atoms with Crippen molar-refractivity contribution in [3.8, 4) is 0 Å². The molecular formula is C34H49N3O7S. The van der Waals surface area contributed by atoms with Crippen molar-refractivity contribution in [3.63, 3.8) is 0 Å². The van der Waals surface area contributed by atoms with Gasteiger partial charge in [-0.3, -0.25) is 19.6 Å². The van der Waals surface area contributed by atoms with Gasteiger partial charge in [-0.1, -0.05) is 95.1 Å². The number of anilines is 1. The Labute approximate surface area is 268 Å². The van der Waals surface area contributed by atoms with Crippen LogP contribution in [0, 0.1) is 10.1 Å². The smallest absolute Gasteiger partial charge is 0.339 e. The number of carbonyl (C=O) groups excluding carboxylic acids is 2. The molecule has 0 heterocycles. The van der Waals surface area contributed by atoms with E-state index in [0.717, 1.165) is 39.2 Å². The Morgan fingerprint density at radius 3 is 2.09 bits per heavy atom. The number of hydrogen-bond donors (Lipinski definition) is 2. The highest BCUT2D eigenvalue weighted by Gasteiger charge is 2.23. The van der Waals surface area contributed by atoms with Crippen LogP contribution in [0.5, 0.6) is 0 Å². The number of unbranched alkanes of at least 4 members (excludes halogenated alkanes) is 12. The molecule has 0 radical (unpaired) electrons. The maximum absolute atomic E-state index is 12.9. The summed E-state index contributed by atoms with van der Waals surface area (Å²) >= 11 is 0. The molecule has 2 aromatic carbocycles. The standard InChI is InChI=1S/C34H49N3O7S/c1-3-4-5-6-7-8-9-10-11-12-13-14-15-16-17-20-25-35-33(38)28-23-24-30(34(39)44-2)31(26-28)36-45(42,43)27-29-21-18-19-22-32(29)37(40)41/h10-11,18-19,21-24,26,36H,3-9,12-17,20,25,27H2,1-2H3,(H,35,38)/b11-10-. The lowest BCUT2D eigenvalue weighted by Gasteiger charge is -2.14. The van der Waals surface area contributed by atoms with Crippen LogP contribution in [-0.2, 0) is 20.5 Å². The van der Waals surface area contributed by atoms with E-state index in [-0.39, 0.29) is 28.1 Å². The number of carbonyl (C=O) groups is 2. The van der Waals surface area contributed by atoms with E-state index >= 15 is 0 Å². The van der Waals surface area contributed by atoms with Gasteiger partial charge >= 0.3 is 5.97 Å². The molecule has 10 nitrogen and oxygen atoms in total. The van der Waals surface area contributed by atoms with E-state index < -0.39 is 32.6 Å². The van der Waals surface area contributed by atoms with Crippen LogP contribution in [0.25, 0.3) is 0 Å². The van der Waals surface area contributed by atoms with Crippen LogP contribution in [0.4, 0.5) is 11.4 Å². The van der Waals surface area contributed by atoms with Crippen LogP contribution in [0.1, 0.15) is 123 Å². The molecule has 0 saturated carbocycles. The number of sulfonamides is 1. The maximum Gasteiger partial charge on any atom is 0.339 e. The third-order valence-corrected chi connectivity index (χ3v) is 8.68. The first-order chi connectivity index (χ1) is 21.7. The fraction of sp³-hybridized carbons (Fsp3) is 0.529. The van der Waals surface area contributed by atoms with Gasteiger partial charge in [0.2, 0.25) is 10.0 Å². The van der Waals surface area contributed by atoms with E-state index in [9.17, 15) is 28.1 Å². The molecule has 0 spiro atoms. The molecular weight excluding hydrogens is 594 g/mol. The molecule has 1 amide bonds. The van der Waals surface area contributed by atoms with Crippen LogP contribution in [0.2, 0.25) is 0 Å². The Hall–Kier alpha value is -3.73. The summed E-state index contributed by atoms with van der Waals surface area (Å²) in [6, 6.07) is 9.50. The number of ether oxygens (including phenoxy) is 1. The molecule has 0 bridgehead atoms. The minimum absolute atomic E-state index is 0.0147. The molecule has 45 heavy (non-hydrogen) atoms. The first-order valence-electron chi connectivity index (χ1n) is 16.1. The van der Waals surface area contributed by atoms with Gasteiger partial charge < -0.3 is 10.1 Å². The minimum atomic E-state index is -4.19. The summed E-state index contributed by atoms with van der Waals surface area (Å²) in [5.41, 5.74) is -0.427. The van der Waals surface area contributed by atoms with Gasteiger partial charge in [0, 0.05) is 23.7 Å². The molecule has 0 aliphatic rings. The zero-order valence-corrected chi connectivity index (χ0v) is 27.5. The van der Waals surface area contributed by atoms with E-state index in [4.69, 9.17) is 4.74 Å². The molecule has 0 aromatic heterocycles. The lowest BCUT2D eigenvalue weighted by molar-refractivity contribution is -0.385. The number of hydrogen-bond acceptors (Lipinski definition) is 7. The average molecular weight is 644 g/mol. The van der Waals surface area contributed by atoms with Gasteiger partial charge in [-0.05, 0) is 50.3 Å². The molecule has 0 atom stereocenters. The summed E-state index contributed by atoms with van der Waals surface area (Å²) < 4.78 is 33.0. The first kappa shape index (κ1) is 37.5. The van der Waals surface area contributed by atoms with Crippen molar-refractivity contribution in [3.05, 3.63) is 81.4 Å². The lowest BCUT2D eigenvalue weighted by atomic mass is 10.1. The number of nitro benzene ring substituents is 1. The average Bonchev–Trinajstić information content (AvgIpc) is 3.01. The van der Waals surface area contributed by atoms with Crippen molar-refractivity contribution < 1.29 is 27.7 Å². The monoisotopic (exact) mass is 643 g/mol. The van der Waals surface area contributed by atoms with Crippen molar-refractivity contribution in [2.24, 2.45) is 0 Å². The van der Waals surface area contributed by atoms with Crippen molar-refractivity contribution in [2.45, 2.75) is 103 Å². The predicted octanol–water partition coefficient (Wildman–Crippen LogP) is 8.09. The van der Waals surface area contributed by atoms with Gasteiger partial charge in [0.25, 0.3) is 11.6 Å². The third kappa shape index (κ3) is 14.7. The number of benzene rings is 2. The molecule has 0 aliphatic carbocycles. The molecule has 0 saturated heterocycles. The Morgan fingerprint density at radius 2 is 1.47 bits per heavy atom. The van der Waals surface area contributed by atoms with E-state index in [1.54, 1.807) is 0 Å². The topological polar surface area (TPSA) is 145 Å². The SMILES string of the molecule is CCCCCCCC/C=C\CCCCCCCCNC(=O)c1ccc(C(=O)OC)c(NS(=O)(=O)Cc2ccccc2[N+](=O)[O-])c1. The second-order valence-corrected chi connectivity index (χ2v) is 12.9. The molecule has 2 N–H and O–H groups in total. The third-order valence-electron chi connectivity index (χ3n) is 7.46. The number of amides is 1. The van der Waals surface area contributed by atoms with Crippen LogP contribution >= 0.6 is 0 Å². The largest absolute Gasteiger partial charge is 0.465 e. The fourth-order valence-corrected chi connectivity index (χ4v) is 6.18. The molecule has 248 valence electrons. The van der Waals surface area contributed by atoms with Gasteiger partial charge in [-0.15, -0.1) is 0 Å². The summed E-state index contributed by atoms with van der Waals surface area (Å²) in [6.45, 7) is 2.71. The summed E-state index contributed by atoms with van der Waals surface area (Å²) in [6.07, 6.45) is 21.4. The van der Waals surface area contributed by atoms with Gasteiger partial charge in [-0.2, -0.15) is 0 Å². The highest BCUT2D eigenvalue weighted by atomic mass is 32.2. The Bertz CT molecular complexity index is 1360. The van der Waals surface area contributed by atoms with Crippen molar-refractivity contribution in [2.75, 3.05) is 18.4 Å². The van der Waals surface area contributed by atoms with Crippen LogP contribution in [-0.4, -0.2) is 38.9 Å². The normalized spacial score (nSPS) is 11.4. The molecule has 2 rings (SSSR count). The van der Waals surface area contributed by atoms with Gasteiger partial charge in [0.05, 0.1) is 23.3 Å². The molecule has 0 aliphatic heterocycles. The number of rotatable bonds is 23. The summed E-state index contributed by atoms with van der Waals surface area (Å²) in [7, 11) is -3.04. The van der Waals surface area contributed by atoms with Crippen molar-refractivity contribution in [1.82, 2.24) is 5.32 Å². The molecule has 11 heteroatoms. The number of nitrogens with zero attached hydrogens (tertiary/aromatic N) is 1. The van der Waals surface area contributed by atoms with Crippen LogP contribution < -0.4 is 10.0 Å². The quantitative estimate of drug-likeness (QED) is 0.0409. The van der Waals surface area contributed by atoms with Gasteiger partial charge in [-0.25, -0.2) is 13.2 Å². The second kappa shape index (κ2) is 21.1. The van der Waals surface area contributed by atoms with Crippen molar-refractivity contribution in [1.29, 1.82) is 0 Å². The van der Waals surface area contributed by atoms with E-state index in [1.165, 1.54) is 100 Å². The number of para-hydroxylation sites is 1. The number of allylic oxidation sites excluding steroid dienone is 2. The number of esters is 1. The summed E-state index contributed by atoms with van der Waals surface area (Å²) in [5.74, 6) is -1.90. The van der Waals surface area contributed by atoms with E-state index in [0.29, 0.717) is 6.54 Å². The van der Waals surface area contributed by atoms with Crippen LogP contribution in [0.3, 0.4) is 0 Å². The Morgan fingerprint density at radius 1 is 0.867 bits per heavy atom. The molecule has 2 aromatic rings. The molecule has 0 fully saturated rings. The highest BCUT2D eigenvalue weighted by molar-refractivity contribution is 7.91. The second-order valence-electron chi connectivity index (χ2n) is 11.2. The summed E-state index contributed by atoms with van der Waals surface area (Å²) in [5, 5.41) is 14.2. The predicted molar refractivity (Wildman–Crippen MR) is 179 cm³/mol. The van der Waals surface area contributed by atoms with E-state index in [2.05, 4.69) is 29.1 Å². The zero-order chi connectivity index (χ0) is 32.9. The van der Waals surface area contributed by atoms with Gasteiger partial charge in [0.1, 0.15) is 5.75 Å². The van der Waals surface area contributed by atoms with Crippen LogP contribution in [0.15, 0.2) is 54.6 Å². The maximum atomic E-state index is 12.9. The van der Waals surface area contributed by atoms with E-state index in [1.807, 2.05) is 0 Å². The minimum Gasteiger partial charge on any atom is -0.465 e. The number of nitro groups is 1. The lowest BCUT2D eigenvalue weighted by Crippen LogP contribution is -2.25. The fourth-order valence-electron chi connectivity index (χ4n) is 4.95. The Balaban J connectivity index is 1.77. The Kier molecular flexibility index (Phi) is 17.6. The van der Waals surface area contributed by atoms with Crippen molar-refractivity contribution >= 4 is 33.3 Å². The zero-order valence-electron chi connectivity index (χ0n) is 26.7. The number of methoxy groups -OCH3 is 1. The van der Waals surface area contributed by atoms with Gasteiger partial charge in [0.15, 0.2) is 0 Å². The number of nitrogens with one attached hydrogen (secondary N) is 2.